The zero-order valence-electron chi connectivity index (χ0n) is 10.9. The fourth-order valence-electron chi connectivity index (χ4n) is 2.16. The second-order valence-corrected chi connectivity index (χ2v) is 5.08. The molecule has 3 N–H and O–H groups in total. The number of hydrogen-bond donors (Lipinski definition) is 2. The highest BCUT2D eigenvalue weighted by molar-refractivity contribution is 6.30. The standard InChI is InChI=1S/C16H15ClN2O/c17-13-2-4-14(5-3-13)20-10-12-9-19-16-6-1-11(8-18)7-15(12)16/h1-7,9,19H,8,10,18H2. The summed E-state index contributed by atoms with van der Waals surface area (Å²) in [6.07, 6.45) is 1.97. The van der Waals surface area contributed by atoms with Crippen molar-refractivity contribution in [2.45, 2.75) is 13.2 Å². The molecule has 0 atom stereocenters. The molecule has 0 aliphatic heterocycles. The summed E-state index contributed by atoms with van der Waals surface area (Å²) in [5.74, 6) is 0.804. The van der Waals surface area contributed by atoms with Crippen LogP contribution in [-0.2, 0) is 13.2 Å². The van der Waals surface area contributed by atoms with Crippen LogP contribution in [0, 0.1) is 0 Å². The van der Waals surface area contributed by atoms with Crippen LogP contribution in [0.25, 0.3) is 10.9 Å². The Labute approximate surface area is 122 Å². The van der Waals surface area contributed by atoms with E-state index in [9.17, 15) is 0 Å². The van der Waals surface area contributed by atoms with Crippen molar-refractivity contribution in [3.05, 3.63) is 64.8 Å². The molecule has 0 radical (unpaired) electrons. The SMILES string of the molecule is NCc1ccc2[nH]cc(COc3ccc(Cl)cc3)c2c1. The van der Waals surface area contributed by atoms with Gasteiger partial charge >= 0.3 is 0 Å². The molecule has 1 heterocycles. The lowest BCUT2D eigenvalue weighted by molar-refractivity contribution is 0.307. The molecule has 0 aliphatic rings. The predicted octanol–water partition coefficient (Wildman–Crippen LogP) is 3.86. The van der Waals surface area contributed by atoms with Crippen LogP contribution in [0.15, 0.2) is 48.7 Å². The molecular formula is C16H15ClN2O. The molecule has 3 aromatic rings. The van der Waals surface area contributed by atoms with E-state index in [-0.39, 0.29) is 0 Å². The van der Waals surface area contributed by atoms with Gasteiger partial charge < -0.3 is 15.5 Å². The fraction of sp³-hybridized carbons (Fsp3) is 0.125. The Kier molecular flexibility index (Phi) is 3.63. The third-order valence-corrected chi connectivity index (χ3v) is 3.53. The lowest BCUT2D eigenvalue weighted by Gasteiger charge is -2.06. The van der Waals surface area contributed by atoms with Crippen molar-refractivity contribution in [2.24, 2.45) is 5.73 Å². The third-order valence-electron chi connectivity index (χ3n) is 3.28. The average molecular weight is 287 g/mol. The first-order chi connectivity index (χ1) is 9.76. The number of benzene rings is 2. The maximum Gasteiger partial charge on any atom is 0.119 e. The number of rotatable bonds is 4. The number of fused-ring (bicyclic) bond motifs is 1. The van der Waals surface area contributed by atoms with Gasteiger partial charge in [-0.1, -0.05) is 17.7 Å². The van der Waals surface area contributed by atoms with Crippen molar-refractivity contribution in [1.29, 1.82) is 0 Å². The lowest BCUT2D eigenvalue weighted by Crippen LogP contribution is -1.97. The Balaban J connectivity index is 1.81. The van der Waals surface area contributed by atoms with Gasteiger partial charge in [0.05, 0.1) is 0 Å². The largest absolute Gasteiger partial charge is 0.489 e. The first-order valence-corrected chi connectivity index (χ1v) is 6.81. The summed E-state index contributed by atoms with van der Waals surface area (Å²) in [4.78, 5) is 3.24. The fourth-order valence-corrected chi connectivity index (χ4v) is 2.29. The molecule has 0 bridgehead atoms. The van der Waals surface area contributed by atoms with E-state index in [2.05, 4.69) is 11.1 Å². The minimum Gasteiger partial charge on any atom is -0.489 e. The third kappa shape index (κ3) is 2.64. The second-order valence-electron chi connectivity index (χ2n) is 4.64. The second kappa shape index (κ2) is 5.57. The molecule has 2 aromatic carbocycles. The Morgan fingerprint density at radius 3 is 2.65 bits per heavy atom. The number of aromatic nitrogens is 1. The zero-order valence-corrected chi connectivity index (χ0v) is 11.7. The van der Waals surface area contributed by atoms with E-state index >= 15 is 0 Å². The van der Waals surface area contributed by atoms with Gasteiger partial charge in [-0.2, -0.15) is 0 Å². The average Bonchev–Trinajstić information content (AvgIpc) is 2.89. The van der Waals surface area contributed by atoms with Crippen LogP contribution in [-0.4, -0.2) is 4.98 Å². The number of halogens is 1. The van der Waals surface area contributed by atoms with Crippen LogP contribution >= 0.6 is 11.6 Å². The van der Waals surface area contributed by atoms with Crippen molar-refractivity contribution in [3.8, 4) is 5.75 Å². The maximum absolute atomic E-state index is 5.85. The van der Waals surface area contributed by atoms with E-state index in [1.165, 1.54) is 0 Å². The van der Waals surface area contributed by atoms with Gasteiger partial charge in [0.2, 0.25) is 0 Å². The molecule has 0 unspecified atom stereocenters. The number of H-pyrrole nitrogens is 1. The highest BCUT2D eigenvalue weighted by atomic mass is 35.5. The molecule has 0 saturated carbocycles. The molecule has 0 amide bonds. The summed E-state index contributed by atoms with van der Waals surface area (Å²) in [6.45, 7) is 1.05. The van der Waals surface area contributed by atoms with E-state index in [0.717, 1.165) is 27.8 Å². The summed E-state index contributed by atoms with van der Waals surface area (Å²) >= 11 is 5.85. The Morgan fingerprint density at radius 1 is 1.10 bits per heavy atom. The van der Waals surface area contributed by atoms with Crippen LogP contribution in [0.1, 0.15) is 11.1 Å². The van der Waals surface area contributed by atoms with Crippen LogP contribution in [0.4, 0.5) is 0 Å². The smallest absolute Gasteiger partial charge is 0.119 e. The van der Waals surface area contributed by atoms with Gasteiger partial charge in [-0.05, 0) is 42.0 Å². The number of aromatic amines is 1. The number of nitrogens with two attached hydrogens (primary N) is 1. The van der Waals surface area contributed by atoms with E-state index < -0.39 is 0 Å². The monoisotopic (exact) mass is 286 g/mol. The number of ether oxygens (including phenoxy) is 1. The summed E-state index contributed by atoms with van der Waals surface area (Å²) in [6, 6.07) is 13.5. The minimum atomic E-state index is 0.510. The minimum absolute atomic E-state index is 0.510. The van der Waals surface area contributed by atoms with Crippen LogP contribution in [0.3, 0.4) is 0 Å². The van der Waals surface area contributed by atoms with Gasteiger partial charge in [0, 0.05) is 34.2 Å². The van der Waals surface area contributed by atoms with Gasteiger partial charge in [-0.25, -0.2) is 0 Å². The molecular weight excluding hydrogens is 272 g/mol. The molecule has 20 heavy (non-hydrogen) atoms. The normalized spacial score (nSPS) is 10.9. The quantitative estimate of drug-likeness (QED) is 0.765. The van der Waals surface area contributed by atoms with Crippen molar-refractivity contribution >= 4 is 22.5 Å². The molecule has 3 nitrogen and oxygen atoms in total. The van der Waals surface area contributed by atoms with Crippen LogP contribution in [0.2, 0.25) is 5.02 Å². The predicted molar refractivity (Wildman–Crippen MR) is 82.0 cm³/mol. The van der Waals surface area contributed by atoms with E-state index in [1.807, 2.05) is 42.6 Å². The van der Waals surface area contributed by atoms with Crippen molar-refractivity contribution in [3.63, 3.8) is 0 Å². The summed E-state index contributed by atoms with van der Waals surface area (Å²) in [7, 11) is 0. The number of nitrogens with one attached hydrogen (secondary N) is 1. The molecule has 4 heteroatoms. The van der Waals surface area contributed by atoms with Gasteiger partial charge in [-0.3, -0.25) is 0 Å². The first-order valence-electron chi connectivity index (χ1n) is 6.43. The summed E-state index contributed by atoms with van der Waals surface area (Å²) in [5.41, 5.74) is 9.01. The Hall–Kier alpha value is -1.97. The van der Waals surface area contributed by atoms with Crippen molar-refractivity contribution < 1.29 is 4.74 Å². The molecule has 0 saturated heterocycles. The molecule has 0 spiro atoms. The molecule has 0 aliphatic carbocycles. The molecule has 102 valence electrons. The van der Waals surface area contributed by atoms with Gasteiger partial charge in [0.1, 0.15) is 12.4 Å². The molecule has 1 aromatic heterocycles. The van der Waals surface area contributed by atoms with Gasteiger partial charge in [0.25, 0.3) is 0 Å². The van der Waals surface area contributed by atoms with E-state index in [0.29, 0.717) is 18.2 Å². The van der Waals surface area contributed by atoms with Crippen LogP contribution in [0.5, 0.6) is 5.75 Å². The lowest BCUT2D eigenvalue weighted by atomic mass is 10.1. The maximum atomic E-state index is 5.85. The van der Waals surface area contributed by atoms with Gasteiger partial charge in [0.15, 0.2) is 0 Å². The Morgan fingerprint density at radius 2 is 1.90 bits per heavy atom. The highest BCUT2D eigenvalue weighted by Gasteiger charge is 2.05. The summed E-state index contributed by atoms with van der Waals surface area (Å²) in [5, 5.41) is 1.86. The van der Waals surface area contributed by atoms with Crippen molar-refractivity contribution in [1.82, 2.24) is 4.98 Å². The Bertz CT molecular complexity index is 719. The van der Waals surface area contributed by atoms with E-state index in [4.69, 9.17) is 22.1 Å². The number of hydrogen-bond acceptors (Lipinski definition) is 2. The first kappa shape index (κ1) is 13.0. The zero-order chi connectivity index (χ0) is 13.9. The summed E-state index contributed by atoms with van der Waals surface area (Å²) < 4.78 is 5.78. The topological polar surface area (TPSA) is 51.0 Å². The van der Waals surface area contributed by atoms with Gasteiger partial charge in [-0.15, -0.1) is 0 Å². The van der Waals surface area contributed by atoms with E-state index in [1.54, 1.807) is 0 Å². The molecule has 3 rings (SSSR count). The molecule has 0 fully saturated rings. The van der Waals surface area contributed by atoms with Crippen LogP contribution < -0.4 is 10.5 Å². The highest BCUT2D eigenvalue weighted by Crippen LogP contribution is 2.22. The van der Waals surface area contributed by atoms with Crippen molar-refractivity contribution in [2.75, 3.05) is 0 Å².